The minimum Gasteiger partial charge on any atom is -0.310 e. The lowest BCUT2D eigenvalue weighted by molar-refractivity contribution is 0.745. The number of para-hydroxylation sites is 2. The predicted molar refractivity (Wildman–Crippen MR) is 128 cm³/mol. The first-order valence-electron chi connectivity index (χ1n) is 10.7. The molecule has 4 heteroatoms. The third-order valence-corrected chi connectivity index (χ3v) is 5.88. The molecule has 4 nitrogen and oxygen atoms in total. The highest BCUT2D eigenvalue weighted by molar-refractivity contribution is 6.18. The number of amidine groups is 1. The molecule has 0 saturated heterocycles. The van der Waals surface area contributed by atoms with Crippen LogP contribution in [-0.2, 0) is 0 Å². The Kier molecular flexibility index (Phi) is 4.27. The van der Waals surface area contributed by atoms with Gasteiger partial charge < -0.3 is 5.32 Å². The molecule has 1 aliphatic carbocycles. The van der Waals surface area contributed by atoms with Crippen LogP contribution in [0.4, 0.5) is 0 Å². The summed E-state index contributed by atoms with van der Waals surface area (Å²) in [5.41, 5.74) is 4.48. The molecular formula is C27H22N4. The van der Waals surface area contributed by atoms with Crippen molar-refractivity contribution in [1.29, 1.82) is 0 Å². The lowest BCUT2D eigenvalue weighted by Crippen LogP contribution is -2.39. The molecule has 6 rings (SSSR count). The summed E-state index contributed by atoms with van der Waals surface area (Å²) in [6.07, 6.45) is 8.44. The van der Waals surface area contributed by atoms with Gasteiger partial charge in [-0.2, -0.15) is 0 Å². The molecule has 0 bridgehead atoms. The van der Waals surface area contributed by atoms with Crippen LogP contribution >= 0.6 is 0 Å². The maximum atomic E-state index is 5.07. The fraction of sp³-hybridized carbons (Fsp3) is 0.111. The SMILES string of the molecule is C1=CC(C2=NC(c3ccccc3)N=C(n3c4ccccc4c4ccccc43)N2)=CCC1. The van der Waals surface area contributed by atoms with Crippen molar-refractivity contribution in [2.75, 3.05) is 0 Å². The van der Waals surface area contributed by atoms with E-state index in [0.29, 0.717) is 0 Å². The van der Waals surface area contributed by atoms with Gasteiger partial charge in [-0.3, -0.25) is 4.57 Å². The van der Waals surface area contributed by atoms with Gasteiger partial charge in [0.25, 0.3) is 0 Å². The minimum atomic E-state index is -0.288. The molecule has 1 aliphatic heterocycles. The van der Waals surface area contributed by atoms with Crippen LogP contribution in [0.25, 0.3) is 21.8 Å². The molecule has 31 heavy (non-hydrogen) atoms. The molecule has 0 amide bonds. The summed E-state index contributed by atoms with van der Waals surface area (Å²) in [5.74, 6) is 1.67. The van der Waals surface area contributed by atoms with Crippen molar-refractivity contribution in [3.8, 4) is 0 Å². The molecule has 1 unspecified atom stereocenters. The zero-order chi connectivity index (χ0) is 20.6. The van der Waals surface area contributed by atoms with E-state index >= 15 is 0 Å². The standard InChI is InChI=1S/C27H22N4/c1-3-11-19(12-4-1)25-28-26(20-13-5-2-6-14-20)30-27(29-25)31-23-17-9-7-15-21(23)22-16-8-10-18-24(22)31/h1,3-5,7-18,25H,2,6H2,(H,28,29,30). The van der Waals surface area contributed by atoms with Crippen LogP contribution < -0.4 is 5.32 Å². The van der Waals surface area contributed by atoms with Crippen molar-refractivity contribution in [3.05, 3.63) is 108 Å². The molecule has 150 valence electrons. The first kappa shape index (κ1) is 17.9. The van der Waals surface area contributed by atoms with Crippen LogP contribution in [0.1, 0.15) is 24.6 Å². The van der Waals surface area contributed by atoms with Gasteiger partial charge in [0.1, 0.15) is 5.84 Å². The van der Waals surface area contributed by atoms with E-state index in [1.807, 2.05) is 18.2 Å². The molecule has 1 N–H and O–H groups in total. The van der Waals surface area contributed by atoms with Gasteiger partial charge in [-0.05, 0) is 30.5 Å². The smallest absolute Gasteiger partial charge is 0.211 e. The average Bonchev–Trinajstić information content (AvgIpc) is 3.19. The van der Waals surface area contributed by atoms with Gasteiger partial charge in [-0.25, -0.2) is 9.98 Å². The van der Waals surface area contributed by atoms with Gasteiger partial charge in [0.2, 0.25) is 5.96 Å². The van der Waals surface area contributed by atoms with E-state index in [1.54, 1.807) is 0 Å². The van der Waals surface area contributed by atoms with Crippen molar-refractivity contribution in [3.63, 3.8) is 0 Å². The Bertz CT molecular complexity index is 1350. The van der Waals surface area contributed by atoms with Crippen LogP contribution in [0.15, 0.2) is 113 Å². The number of allylic oxidation sites excluding steroid dienone is 2. The number of nitrogens with zero attached hydrogens (tertiary/aromatic N) is 3. The fourth-order valence-corrected chi connectivity index (χ4v) is 4.41. The number of hydrogen-bond donors (Lipinski definition) is 1. The first-order valence-corrected chi connectivity index (χ1v) is 10.7. The maximum Gasteiger partial charge on any atom is 0.211 e. The van der Waals surface area contributed by atoms with E-state index in [0.717, 1.165) is 46.8 Å². The minimum absolute atomic E-state index is 0.288. The topological polar surface area (TPSA) is 41.7 Å². The lowest BCUT2D eigenvalue weighted by Gasteiger charge is -2.24. The van der Waals surface area contributed by atoms with Crippen LogP contribution in [0, 0.1) is 0 Å². The van der Waals surface area contributed by atoms with Crippen molar-refractivity contribution in [1.82, 2.24) is 9.88 Å². The third kappa shape index (κ3) is 3.08. The number of aliphatic imine (C=N–C) groups is 2. The van der Waals surface area contributed by atoms with Gasteiger partial charge in [0.15, 0.2) is 6.17 Å². The van der Waals surface area contributed by atoms with Crippen molar-refractivity contribution >= 4 is 33.6 Å². The molecule has 0 radical (unpaired) electrons. The van der Waals surface area contributed by atoms with E-state index < -0.39 is 0 Å². The number of fused-ring (bicyclic) bond motifs is 3. The van der Waals surface area contributed by atoms with Crippen molar-refractivity contribution in [2.24, 2.45) is 9.98 Å². The van der Waals surface area contributed by atoms with Crippen LogP contribution in [0.3, 0.4) is 0 Å². The summed E-state index contributed by atoms with van der Waals surface area (Å²) in [7, 11) is 0. The number of aromatic nitrogens is 1. The Balaban J connectivity index is 1.57. The van der Waals surface area contributed by atoms with E-state index in [-0.39, 0.29) is 6.17 Å². The summed E-state index contributed by atoms with van der Waals surface area (Å²) in [6, 6.07) is 27.3. The Labute approximate surface area is 181 Å². The molecule has 0 spiro atoms. The first-order chi connectivity index (χ1) is 15.4. The normalized spacial score (nSPS) is 18.5. The Morgan fingerprint density at radius 1 is 0.742 bits per heavy atom. The molecule has 1 aromatic heterocycles. The Morgan fingerprint density at radius 3 is 2.10 bits per heavy atom. The summed E-state index contributed by atoms with van der Waals surface area (Å²) in [5, 5.41) is 6.00. The molecule has 4 aromatic rings. The molecule has 3 aromatic carbocycles. The molecular weight excluding hydrogens is 380 g/mol. The van der Waals surface area contributed by atoms with Gasteiger partial charge >= 0.3 is 0 Å². The number of benzene rings is 3. The zero-order valence-electron chi connectivity index (χ0n) is 17.1. The largest absolute Gasteiger partial charge is 0.310 e. The van der Waals surface area contributed by atoms with Crippen LogP contribution in [-0.4, -0.2) is 16.4 Å². The number of hydrogen-bond acceptors (Lipinski definition) is 3. The van der Waals surface area contributed by atoms with E-state index in [1.165, 1.54) is 10.8 Å². The fourth-order valence-electron chi connectivity index (χ4n) is 4.41. The van der Waals surface area contributed by atoms with E-state index in [9.17, 15) is 0 Å². The average molecular weight is 403 g/mol. The number of nitrogens with one attached hydrogen (secondary N) is 1. The predicted octanol–water partition coefficient (Wildman–Crippen LogP) is 5.98. The second kappa shape index (κ2) is 7.40. The van der Waals surface area contributed by atoms with Crippen molar-refractivity contribution in [2.45, 2.75) is 19.0 Å². The van der Waals surface area contributed by atoms with Crippen molar-refractivity contribution < 1.29 is 0 Å². The van der Waals surface area contributed by atoms with Crippen LogP contribution in [0.2, 0.25) is 0 Å². The molecule has 0 fully saturated rings. The third-order valence-electron chi connectivity index (χ3n) is 5.88. The zero-order valence-corrected chi connectivity index (χ0v) is 17.1. The molecule has 1 atom stereocenters. The van der Waals surface area contributed by atoms with E-state index in [2.05, 4.69) is 88.8 Å². The maximum absolute atomic E-state index is 5.07. The highest BCUT2D eigenvalue weighted by Crippen LogP contribution is 2.31. The summed E-state index contributed by atoms with van der Waals surface area (Å²) in [6.45, 7) is 0. The lowest BCUT2D eigenvalue weighted by atomic mass is 10.1. The van der Waals surface area contributed by atoms with Gasteiger partial charge in [0, 0.05) is 16.3 Å². The summed E-state index contributed by atoms with van der Waals surface area (Å²) >= 11 is 0. The second-order valence-electron chi connectivity index (χ2n) is 7.85. The molecule has 2 heterocycles. The van der Waals surface area contributed by atoms with Gasteiger partial charge in [-0.15, -0.1) is 0 Å². The quantitative estimate of drug-likeness (QED) is 0.441. The Hall–Kier alpha value is -3.92. The number of rotatable bonds is 2. The summed E-state index contributed by atoms with van der Waals surface area (Å²) < 4.78 is 2.22. The van der Waals surface area contributed by atoms with Gasteiger partial charge in [-0.1, -0.05) is 85.0 Å². The highest BCUT2D eigenvalue weighted by Gasteiger charge is 2.23. The highest BCUT2D eigenvalue weighted by atomic mass is 15.3. The second-order valence-corrected chi connectivity index (χ2v) is 7.85. The van der Waals surface area contributed by atoms with E-state index in [4.69, 9.17) is 9.98 Å². The monoisotopic (exact) mass is 402 g/mol. The Morgan fingerprint density at radius 2 is 1.42 bits per heavy atom. The molecule has 0 saturated carbocycles. The van der Waals surface area contributed by atoms with Gasteiger partial charge in [0.05, 0.1) is 11.0 Å². The van der Waals surface area contributed by atoms with Crippen LogP contribution in [0.5, 0.6) is 0 Å². The molecule has 2 aliphatic rings. The summed E-state index contributed by atoms with van der Waals surface area (Å²) in [4.78, 5) is 10.1.